The van der Waals surface area contributed by atoms with E-state index in [9.17, 15) is 13.2 Å². The van der Waals surface area contributed by atoms with Crippen LogP contribution in [0.3, 0.4) is 0 Å². The van der Waals surface area contributed by atoms with Crippen molar-refractivity contribution in [2.45, 2.75) is 25.6 Å². The van der Waals surface area contributed by atoms with Gasteiger partial charge in [0.25, 0.3) is 0 Å². The molecule has 0 amide bonds. The molecule has 0 spiro atoms. The summed E-state index contributed by atoms with van der Waals surface area (Å²) in [5, 5.41) is 3.30. The van der Waals surface area contributed by atoms with Crippen LogP contribution in [0, 0.1) is 5.92 Å². The number of rotatable bonds is 4. The van der Waals surface area contributed by atoms with Gasteiger partial charge in [-0.05, 0) is 50.5 Å². The maximum atomic E-state index is 12.9. The van der Waals surface area contributed by atoms with Crippen LogP contribution in [0.1, 0.15) is 24.0 Å². The minimum absolute atomic E-state index is 0. The van der Waals surface area contributed by atoms with Crippen molar-refractivity contribution in [1.82, 2.24) is 10.2 Å². The number of benzene rings is 1. The van der Waals surface area contributed by atoms with E-state index in [1.165, 1.54) is 6.07 Å². The van der Waals surface area contributed by atoms with E-state index in [2.05, 4.69) is 5.32 Å². The van der Waals surface area contributed by atoms with Crippen molar-refractivity contribution in [2.75, 3.05) is 26.7 Å². The Hall–Kier alpha value is -0.780. The summed E-state index contributed by atoms with van der Waals surface area (Å²) in [6.45, 7) is 3.22. The minimum Gasteiger partial charge on any atom is -0.317 e. The summed E-state index contributed by atoms with van der Waals surface area (Å²) in [4.78, 5) is 2.00. The van der Waals surface area contributed by atoms with E-state index in [1.807, 2.05) is 11.9 Å². The minimum atomic E-state index is -4.27. The van der Waals surface area contributed by atoms with Gasteiger partial charge < -0.3 is 10.2 Å². The zero-order valence-corrected chi connectivity index (χ0v) is 12.9. The maximum Gasteiger partial charge on any atom is 0.416 e. The zero-order chi connectivity index (χ0) is 14.6. The van der Waals surface area contributed by atoms with Crippen LogP contribution in [0.15, 0.2) is 24.3 Å². The Bertz CT molecular complexity index is 431. The highest BCUT2D eigenvalue weighted by Crippen LogP contribution is 2.32. The summed E-state index contributed by atoms with van der Waals surface area (Å²) in [6, 6.07) is 5.84. The molecule has 1 aromatic rings. The van der Waals surface area contributed by atoms with E-state index in [0.29, 0.717) is 18.0 Å². The topological polar surface area (TPSA) is 15.3 Å². The number of alkyl halides is 3. The van der Waals surface area contributed by atoms with Crippen LogP contribution in [-0.2, 0) is 12.7 Å². The molecule has 1 aliphatic heterocycles. The summed E-state index contributed by atoms with van der Waals surface area (Å²) < 4.78 is 38.8. The zero-order valence-electron chi connectivity index (χ0n) is 12.1. The van der Waals surface area contributed by atoms with Gasteiger partial charge in [-0.1, -0.05) is 18.2 Å². The molecule has 21 heavy (non-hydrogen) atoms. The van der Waals surface area contributed by atoms with Crippen LogP contribution >= 0.6 is 12.4 Å². The number of hydrogen-bond donors (Lipinski definition) is 1. The number of hydrogen-bond acceptors (Lipinski definition) is 2. The van der Waals surface area contributed by atoms with Gasteiger partial charge in [0.1, 0.15) is 0 Å². The van der Waals surface area contributed by atoms with Crippen LogP contribution in [0.2, 0.25) is 0 Å². The molecule has 6 heteroatoms. The Labute approximate surface area is 130 Å². The first kappa shape index (κ1) is 18.3. The van der Waals surface area contributed by atoms with Crippen molar-refractivity contribution in [2.24, 2.45) is 5.92 Å². The first-order valence-corrected chi connectivity index (χ1v) is 7.01. The molecule has 0 radical (unpaired) electrons. The van der Waals surface area contributed by atoms with Gasteiger partial charge in [-0.25, -0.2) is 0 Å². The van der Waals surface area contributed by atoms with E-state index in [1.54, 1.807) is 12.1 Å². The molecule has 0 aliphatic carbocycles. The van der Waals surface area contributed by atoms with Crippen molar-refractivity contribution in [3.8, 4) is 0 Å². The Balaban J connectivity index is 0.00000220. The molecule has 1 fully saturated rings. The molecule has 1 aromatic carbocycles. The first-order valence-electron chi connectivity index (χ1n) is 7.01. The van der Waals surface area contributed by atoms with Gasteiger partial charge in [0.15, 0.2) is 0 Å². The van der Waals surface area contributed by atoms with Crippen molar-refractivity contribution in [1.29, 1.82) is 0 Å². The summed E-state index contributed by atoms with van der Waals surface area (Å²) in [6.07, 6.45) is -2.07. The monoisotopic (exact) mass is 322 g/mol. The van der Waals surface area contributed by atoms with Crippen molar-refractivity contribution < 1.29 is 13.2 Å². The molecule has 1 N–H and O–H groups in total. The Morgan fingerprint density at radius 3 is 2.43 bits per heavy atom. The average Bonchev–Trinajstić information content (AvgIpc) is 2.39. The fourth-order valence-corrected chi connectivity index (χ4v) is 2.80. The van der Waals surface area contributed by atoms with Gasteiger partial charge in [0, 0.05) is 13.1 Å². The summed E-state index contributed by atoms with van der Waals surface area (Å²) in [5.74, 6) is 0.583. The molecule has 0 bridgehead atoms. The smallest absolute Gasteiger partial charge is 0.317 e. The highest BCUT2D eigenvalue weighted by atomic mass is 35.5. The van der Waals surface area contributed by atoms with Gasteiger partial charge in [0.05, 0.1) is 5.56 Å². The SMILES string of the molecule is CN(Cc1ccccc1C(F)(F)F)CC1CCNCC1.Cl. The van der Waals surface area contributed by atoms with E-state index in [4.69, 9.17) is 0 Å². The molecule has 0 atom stereocenters. The molecule has 1 saturated heterocycles. The fraction of sp³-hybridized carbons (Fsp3) is 0.600. The van der Waals surface area contributed by atoms with Crippen molar-refractivity contribution in [3.05, 3.63) is 35.4 Å². The summed E-state index contributed by atoms with van der Waals surface area (Å²) in [5.41, 5.74) is -0.159. The summed E-state index contributed by atoms with van der Waals surface area (Å²) in [7, 11) is 1.90. The van der Waals surface area contributed by atoms with E-state index in [-0.39, 0.29) is 12.4 Å². The van der Waals surface area contributed by atoms with E-state index in [0.717, 1.165) is 38.5 Å². The van der Waals surface area contributed by atoms with Crippen LogP contribution < -0.4 is 5.32 Å². The van der Waals surface area contributed by atoms with Crippen molar-refractivity contribution >= 4 is 12.4 Å². The first-order chi connectivity index (χ1) is 9.47. The molecule has 0 unspecified atom stereocenters. The molecular weight excluding hydrogens is 301 g/mol. The molecule has 0 saturated carbocycles. The van der Waals surface area contributed by atoms with Gasteiger partial charge in [-0.15, -0.1) is 12.4 Å². The van der Waals surface area contributed by atoms with Crippen LogP contribution in [0.25, 0.3) is 0 Å². The van der Waals surface area contributed by atoms with Crippen LogP contribution in [-0.4, -0.2) is 31.6 Å². The predicted octanol–water partition coefficient (Wildman–Crippen LogP) is 3.56. The van der Waals surface area contributed by atoms with Gasteiger partial charge >= 0.3 is 6.18 Å². The van der Waals surface area contributed by atoms with Gasteiger partial charge in [0.2, 0.25) is 0 Å². The third kappa shape index (κ3) is 5.49. The normalized spacial score (nSPS) is 16.8. The molecule has 1 heterocycles. The maximum absolute atomic E-state index is 12.9. The number of piperidine rings is 1. The molecule has 1 aliphatic rings. The van der Waals surface area contributed by atoms with Gasteiger partial charge in [-0.3, -0.25) is 0 Å². The number of nitrogens with zero attached hydrogens (tertiary/aromatic N) is 1. The molecule has 2 rings (SSSR count). The van der Waals surface area contributed by atoms with Gasteiger partial charge in [-0.2, -0.15) is 13.2 Å². The lowest BCUT2D eigenvalue weighted by Gasteiger charge is -2.28. The summed E-state index contributed by atoms with van der Waals surface area (Å²) >= 11 is 0. The fourth-order valence-electron chi connectivity index (χ4n) is 2.80. The highest BCUT2D eigenvalue weighted by Gasteiger charge is 2.33. The molecule has 2 nitrogen and oxygen atoms in total. The predicted molar refractivity (Wildman–Crippen MR) is 80.6 cm³/mol. The third-order valence-corrected chi connectivity index (χ3v) is 3.79. The largest absolute Gasteiger partial charge is 0.416 e. The number of halogens is 4. The second kappa shape index (κ2) is 8.01. The Kier molecular flexibility index (Phi) is 6.97. The van der Waals surface area contributed by atoms with E-state index >= 15 is 0 Å². The lowest BCUT2D eigenvalue weighted by atomic mass is 9.97. The standard InChI is InChI=1S/C15H21F3N2.ClH/c1-20(10-12-6-8-19-9-7-12)11-13-4-2-3-5-14(13)15(16,17)18;/h2-5,12,19H,6-11H2,1H3;1H. The highest BCUT2D eigenvalue weighted by molar-refractivity contribution is 5.85. The lowest BCUT2D eigenvalue weighted by Crippen LogP contribution is -2.34. The Morgan fingerprint density at radius 2 is 1.81 bits per heavy atom. The molecule has 0 aromatic heterocycles. The average molecular weight is 323 g/mol. The van der Waals surface area contributed by atoms with E-state index < -0.39 is 11.7 Å². The van der Waals surface area contributed by atoms with Crippen LogP contribution in [0.5, 0.6) is 0 Å². The molecular formula is C15H22ClF3N2. The molecule has 120 valence electrons. The Morgan fingerprint density at radius 1 is 1.19 bits per heavy atom. The third-order valence-electron chi connectivity index (χ3n) is 3.79. The van der Waals surface area contributed by atoms with Crippen LogP contribution in [0.4, 0.5) is 13.2 Å². The van der Waals surface area contributed by atoms with Crippen molar-refractivity contribution in [3.63, 3.8) is 0 Å². The lowest BCUT2D eigenvalue weighted by molar-refractivity contribution is -0.138. The second-order valence-electron chi connectivity index (χ2n) is 5.55. The quantitative estimate of drug-likeness (QED) is 0.912. The second-order valence-corrected chi connectivity index (χ2v) is 5.55. The number of nitrogens with one attached hydrogen (secondary N) is 1.